The van der Waals surface area contributed by atoms with Crippen LogP contribution in [0, 0.1) is 30.6 Å². The molecule has 6 N–H and O–H groups in total. The van der Waals surface area contributed by atoms with Crippen LogP contribution in [0.5, 0.6) is 23.0 Å². The summed E-state index contributed by atoms with van der Waals surface area (Å²) in [6.45, 7) is 12.6. The van der Waals surface area contributed by atoms with Crippen LogP contribution in [0.15, 0.2) is 36.1 Å². The number of Topliss-reactive ketones (excluding diaryl/α,β-unsaturated/α-hetero) is 1. The summed E-state index contributed by atoms with van der Waals surface area (Å²) >= 11 is 0. The average molecular weight is 755 g/mol. The highest BCUT2D eigenvalue weighted by molar-refractivity contribution is 6.22. The lowest BCUT2D eigenvalue weighted by Gasteiger charge is -2.38. The van der Waals surface area contributed by atoms with Gasteiger partial charge in [0, 0.05) is 73.3 Å². The number of carbonyl (C=O) groups is 3. The first-order chi connectivity index (χ1) is 25.2. The van der Waals surface area contributed by atoms with Gasteiger partial charge in [-0.1, -0.05) is 45.9 Å². The molecule has 3 heterocycles. The lowest BCUT2D eigenvalue weighted by Crippen LogP contribution is -2.46. The Morgan fingerprint density at radius 1 is 0.944 bits per heavy atom. The lowest BCUT2D eigenvalue weighted by molar-refractivity contribution is -0.160. The fourth-order valence-corrected chi connectivity index (χ4v) is 7.26. The molecule has 54 heavy (non-hydrogen) atoms. The smallest absolute Gasteiger partial charge is 0.312 e. The molecule has 14 heteroatoms. The number of hydrogen-bond donors (Lipinski definition) is 6. The predicted molar refractivity (Wildman–Crippen MR) is 201 cm³/mol. The third-order valence-electron chi connectivity index (χ3n) is 10.6. The maximum absolute atomic E-state index is 14.2. The number of methoxy groups -OCH3 is 1. The quantitative estimate of drug-likeness (QED) is 0.141. The molecule has 3 aliphatic rings. The number of carbonyl (C=O) groups excluding carboxylic acids is 3. The van der Waals surface area contributed by atoms with Gasteiger partial charge >= 0.3 is 11.8 Å². The highest BCUT2D eigenvalue weighted by Crippen LogP contribution is 2.55. The number of aromatic hydroxyl groups is 3. The molecule has 14 nitrogen and oxygen atoms in total. The fourth-order valence-electron chi connectivity index (χ4n) is 7.26. The zero-order valence-electron chi connectivity index (χ0n) is 32.8. The van der Waals surface area contributed by atoms with Gasteiger partial charge in [-0.05, 0) is 34.0 Å². The van der Waals surface area contributed by atoms with Gasteiger partial charge in [0.1, 0.15) is 23.4 Å². The van der Waals surface area contributed by atoms with Crippen molar-refractivity contribution < 1.29 is 58.9 Å². The third kappa shape index (κ3) is 7.92. The van der Waals surface area contributed by atoms with Crippen molar-refractivity contribution in [2.24, 2.45) is 23.7 Å². The summed E-state index contributed by atoms with van der Waals surface area (Å²) in [5.41, 5.74) is 0.0370. The highest BCUT2D eigenvalue weighted by Gasteiger charge is 2.50. The van der Waals surface area contributed by atoms with E-state index in [9.17, 15) is 39.9 Å². The molecule has 0 spiro atoms. The Morgan fingerprint density at radius 3 is 2.19 bits per heavy atom. The number of fused-ring (bicyclic) bond motifs is 14. The van der Waals surface area contributed by atoms with Crippen molar-refractivity contribution in [3.63, 3.8) is 0 Å². The van der Waals surface area contributed by atoms with E-state index < -0.39 is 88.8 Å². The first-order valence-corrected chi connectivity index (χ1v) is 17.9. The number of aliphatic hydroxyl groups is 2. The van der Waals surface area contributed by atoms with Gasteiger partial charge in [0.15, 0.2) is 5.75 Å². The average Bonchev–Trinajstić information content (AvgIpc) is 3.38. The number of esters is 1. The van der Waals surface area contributed by atoms with E-state index in [0.717, 1.165) is 0 Å². The summed E-state index contributed by atoms with van der Waals surface area (Å²) in [4.78, 5) is 41.7. The molecular formula is C40H54N2O12. The van der Waals surface area contributed by atoms with Gasteiger partial charge in [0.25, 0.3) is 11.7 Å². The Balaban J connectivity index is 1.96. The minimum absolute atomic E-state index is 0.00552. The van der Waals surface area contributed by atoms with Gasteiger partial charge in [-0.3, -0.25) is 14.4 Å². The molecule has 0 fully saturated rings. The van der Waals surface area contributed by atoms with E-state index in [1.807, 2.05) is 0 Å². The molecule has 296 valence electrons. The minimum Gasteiger partial charge on any atom is -0.507 e. The zero-order chi connectivity index (χ0) is 40.6. The standard InChI is InChI=1S/C40H54N2O12/c1-18-13-12-14-19(2)39(50)41-30-25(17-42(9)10)34(47)27-28(35(30)48)33(46)23(6)37-29(27)38(49)40(8,54-37)52-16-15-26(51-11)20(3)36(53-24(7)43)22(5)32(45)21(4)31(18)44/h12-16,18,20-22,26,31-32,36,44-48H,17H2,1-11H3,(H,41,50)/t18-,20-,21+,22+,26-,31-,32-,36-,40-/m1/s1. The van der Waals surface area contributed by atoms with Crippen LogP contribution in [0.3, 0.4) is 0 Å². The zero-order valence-corrected chi connectivity index (χ0v) is 32.8. The monoisotopic (exact) mass is 754 g/mol. The Labute approximate surface area is 315 Å². The van der Waals surface area contributed by atoms with E-state index in [4.69, 9.17) is 18.9 Å². The van der Waals surface area contributed by atoms with Crippen molar-refractivity contribution in [3.8, 4) is 23.0 Å². The number of nitrogens with zero attached hydrogens (tertiary/aromatic N) is 1. The molecule has 1 amide bonds. The molecule has 0 saturated heterocycles. The number of ketones is 1. The second kappa shape index (κ2) is 16.4. The maximum atomic E-state index is 14.2. The van der Waals surface area contributed by atoms with Crippen molar-refractivity contribution in [3.05, 3.63) is 52.8 Å². The first-order valence-electron chi connectivity index (χ1n) is 17.9. The first kappa shape index (κ1) is 42.1. The topological polar surface area (TPSA) is 205 Å². The van der Waals surface area contributed by atoms with Gasteiger partial charge in [-0.25, -0.2) is 0 Å². The number of ether oxygens (including phenoxy) is 4. The van der Waals surface area contributed by atoms with Gasteiger partial charge in [-0.15, -0.1) is 0 Å². The van der Waals surface area contributed by atoms with Crippen molar-refractivity contribution in [1.29, 1.82) is 0 Å². The summed E-state index contributed by atoms with van der Waals surface area (Å²) in [6.07, 6.45) is 3.65. The summed E-state index contributed by atoms with van der Waals surface area (Å²) in [5, 5.41) is 59.9. The van der Waals surface area contributed by atoms with E-state index in [1.165, 1.54) is 53.2 Å². The number of allylic oxidation sites excluding steroid dienone is 2. The molecule has 0 aromatic heterocycles. The summed E-state index contributed by atoms with van der Waals surface area (Å²) < 4.78 is 23.5. The number of nitrogens with one attached hydrogen (secondary N) is 1. The molecule has 2 aromatic carbocycles. The van der Waals surface area contributed by atoms with Crippen LogP contribution < -0.4 is 10.1 Å². The maximum Gasteiger partial charge on any atom is 0.312 e. The van der Waals surface area contributed by atoms with Crippen LogP contribution in [-0.2, 0) is 30.3 Å². The van der Waals surface area contributed by atoms with Crippen LogP contribution in [0.2, 0.25) is 0 Å². The van der Waals surface area contributed by atoms with Crippen molar-refractivity contribution in [1.82, 2.24) is 4.90 Å². The van der Waals surface area contributed by atoms with Gasteiger partial charge < -0.3 is 54.7 Å². The number of amides is 1. The largest absolute Gasteiger partial charge is 0.507 e. The molecular weight excluding hydrogens is 700 g/mol. The van der Waals surface area contributed by atoms with Crippen LogP contribution in [0.1, 0.15) is 70.0 Å². The van der Waals surface area contributed by atoms with E-state index in [-0.39, 0.29) is 51.0 Å². The molecule has 5 rings (SSSR count). The van der Waals surface area contributed by atoms with E-state index >= 15 is 0 Å². The molecule has 9 atom stereocenters. The second-order valence-corrected chi connectivity index (χ2v) is 14.9. The molecule has 5 bridgehead atoms. The highest BCUT2D eigenvalue weighted by atomic mass is 16.7. The number of phenolic OH excluding ortho intramolecular Hbond substituents is 3. The SMILES string of the molecule is CO[C@@H]1C=CO[C@]2(C)Oc3c(C)c(O)c4c(O)c(c(CN(C)C)c(O)c4c3C2=O)NC(=O)C(C)=CC=C[C@@H](C)[C@@H](O)[C@H](C)[C@@H](O)[C@H](C)[C@H](OC(C)=O)[C@@H]1C. The number of hydrogen-bond acceptors (Lipinski definition) is 13. The van der Waals surface area contributed by atoms with Crippen molar-refractivity contribution >= 4 is 34.1 Å². The number of anilines is 1. The Bertz CT molecular complexity index is 1880. The number of aliphatic hydroxyl groups excluding tert-OH is 2. The Morgan fingerprint density at radius 2 is 1.59 bits per heavy atom. The van der Waals surface area contributed by atoms with Crippen LogP contribution >= 0.6 is 0 Å². The predicted octanol–water partition coefficient (Wildman–Crippen LogP) is 4.82. The molecule has 0 aliphatic carbocycles. The van der Waals surface area contributed by atoms with E-state index in [0.29, 0.717) is 0 Å². The Kier molecular flexibility index (Phi) is 12.8. The van der Waals surface area contributed by atoms with Crippen molar-refractivity contribution in [2.75, 3.05) is 26.5 Å². The minimum atomic E-state index is -2.01. The van der Waals surface area contributed by atoms with Gasteiger partial charge in [0.2, 0.25) is 0 Å². The molecule has 0 radical (unpaired) electrons. The van der Waals surface area contributed by atoms with E-state index in [1.54, 1.807) is 58.8 Å². The van der Waals surface area contributed by atoms with Crippen LogP contribution in [-0.4, -0.2) is 99.5 Å². The number of rotatable bonds is 4. The normalized spacial score (nSPS) is 29.6. The molecule has 0 saturated carbocycles. The number of phenols is 3. The molecule has 2 aromatic rings. The lowest BCUT2D eigenvalue weighted by atomic mass is 9.78. The van der Waals surface area contributed by atoms with Crippen molar-refractivity contribution in [2.45, 2.75) is 92.1 Å². The second-order valence-electron chi connectivity index (χ2n) is 14.9. The summed E-state index contributed by atoms with van der Waals surface area (Å²) in [6, 6.07) is 0. The molecule has 3 aliphatic heterocycles. The van der Waals surface area contributed by atoms with Gasteiger partial charge in [-0.2, -0.15) is 0 Å². The van der Waals surface area contributed by atoms with Gasteiger partial charge in [0.05, 0.1) is 41.2 Å². The van der Waals surface area contributed by atoms with E-state index in [2.05, 4.69) is 5.32 Å². The fraction of sp³-hybridized carbons (Fsp3) is 0.525. The summed E-state index contributed by atoms with van der Waals surface area (Å²) in [5.74, 6) is -7.98. The van der Waals surface area contributed by atoms with Crippen LogP contribution in [0.4, 0.5) is 5.69 Å². The number of benzene rings is 2. The third-order valence-corrected chi connectivity index (χ3v) is 10.6. The molecule has 0 unspecified atom stereocenters. The summed E-state index contributed by atoms with van der Waals surface area (Å²) in [7, 11) is 4.86. The Hall–Kier alpha value is -4.63. The van der Waals surface area contributed by atoms with Crippen LogP contribution in [0.25, 0.3) is 10.8 Å².